The number of nitrogens with two attached hydrogens (primary N) is 1. The average molecular weight is 234 g/mol. The quantitative estimate of drug-likeness (QED) is 0.522. The van der Waals surface area contributed by atoms with Crippen molar-refractivity contribution in [1.82, 2.24) is 10.2 Å². The van der Waals surface area contributed by atoms with E-state index in [9.17, 15) is 15.0 Å². The van der Waals surface area contributed by atoms with Crippen LogP contribution in [0.1, 0.15) is 10.4 Å². The average Bonchev–Trinajstić information content (AvgIpc) is 2.63. The molecule has 0 unspecified atom stereocenters. The molecule has 0 radical (unpaired) electrons. The molecule has 0 saturated carbocycles. The Bertz CT molecular complexity index is 544. The molecule has 1 aromatic carbocycles. The van der Waals surface area contributed by atoms with E-state index in [1.165, 1.54) is 18.3 Å². The minimum absolute atomic E-state index is 0.108. The van der Waals surface area contributed by atoms with Crippen molar-refractivity contribution in [2.45, 2.75) is 0 Å². The first-order chi connectivity index (χ1) is 8.06. The fraction of sp³-hybridized carbons (Fsp3) is 0. The van der Waals surface area contributed by atoms with Crippen molar-refractivity contribution in [3.63, 3.8) is 0 Å². The molecule has 0 spiro atoms. The summed E-state index contributed by atoms with van der Waals surface area (Å²) in [4.78, 5) is 11.7. The smallest absolute Gasteiger partial charge is 0.257 e. The molecule has 0 bridgehead atoms. The standard InChI is InChI=1S/C10H10N4O3/c11-8-4-12-14-9(8)13-10(17)5-1-6(15)3-7(16)2-5/h1-4,15-16H,11H2,(H2,12,13,14,17). The summed E-state index contributed by atoms with van der Waals surface area (Å²) >= 11 is 0. The highest BCUT2D eigenvalue weighted by Gasteiger charge is 2.11. The van der Waals surface area contributed by atoms with E-state index in [0.717, 1.165) is 6.07 Å². The van der Waals surface area contributed by atoms with Crippen LogP contribution in [-0.4, -0.2) is 26.3 Å². The van der Waals surface area contributed by atoms with Crippen LogP contribution in [0, 0.1) is 0 Å². The molecule has 0 saturated heterocycles. The van der Waals surface area contributed by atoms with Crippen molar-refractivity contribution in [2.75, 3.05) is 11.1 Å². The van der Waals surface area contributed by atoms with E-state index < -0.39 is 5.91 Å². The van der Waals surface area contributed by atoms with Gasteiger partial charge in [0.25, 0.3) is 5.91 Å². The highest BCUT2D eigenvalue weighted by atomic mass is 16.3. The van der Waals surface area contributed by atoms with Gasteiger partial charge in [0, 0.05) is 11.6 Å². The minimum Gasteiger partial charge on any atom is -0.508 e. The number of rotatable bonds is 2. The molecule has 0 aliphatic heterocycles. The van der Waals surface area contributed by atoms with Crippen LogP contribution in [0.5, 0.6) is 11.5 Å². The molecule has 1 aromatic heterocycles. The number of hydrogen-bond acceptors (Lipinski definition) is 5. The number of H-pyrrole nitrogens is 1. The Morgan fingerprint density at radius 3 is 2.47 bits per heavy atom. The fourth-order valence-corrected chi connectivity index (χ4v) is 1.31. The third-order valence-corrected chi connectivity index (χ3v) is 2.07. The number of carbonyl (C=O) groups excluding carboxylic acids is 1. The van der Waals surface area contributed by atoms with Crippen LogP contribution >= 0.6 is 0 Å². The predicted molar refractivity (Wildman–Crippen MR) is 60.7 cm³/mol. The van der Waals surface area contributed by atoms with Crippen LogP contribution in [0.25, 0.3) is 0 Å². The largest absolute Gasteiger partial charge is 0.508 e. The zero-order valence-electron chi connectivity index (χ0n) is 8.64. The SMILES string of the molecule is Nc1cn[nH]c1NC(=O)c1cc(O)cc(O)c1. The van der Waals surface area contributed by atoms with Gasteiger partial charge in [-0.3, -0.25) is 9.89 Å². The summed E-state index contributed by atoms with van der Waals surface area (Å²) < 4.78 is 0. The molecular formula is C10H10N4O3. The third-order valence-electron chi connectivity index (χ3n) is 2.07. The molecule has 0 aliphatic carbocycles. The lowest BCUT2D eigenvalue weighted by atomic mass is 10.2. The van der Waals surface area contributed by atoms with Crippen molar-refractivity contribution < 1.29 is 15.0 Å². The van der Waals surface area contributed by atoms with E-state index >= 15 is 0 Å². The lowest BCUT2D eigenvalue weighted by Crippen LogP contribution is -2.13. The summed E-state index contributed by atoms with van der Waals surface area (Å²) in [6.07, 6.45) is 1.36. The highest BCUT2D eigenvalue weighted by Crippen LogP contribution is 2.21. The van der Waals surface area contributed by atoms with Crippen molar-refractivity contribution in [1.29, 1.82) is 0 Å². The summed E-state index contributed by atoms with van der Waals surface area (Å²) in [6.45, 7) is 0. The molecule has 6 N–H and O–H groups in total. The Morgan fingerprint density at radius 2 is 1.94 bits per heavy atom. The van der Waals surface area contributed by atoms with Gasteiger partial charge < -0.3 is 21.3 Å². The number of hydrogen-bond donors (Lipinski definition) is 5. The third kappa shape index (κ3) is 2.28. The van der Waals surface area contributed by atoms with Crippen LogP contribution < -0.4 is 11.1 Å². The second-order valence-electron chi connectivity index (χ2n) is 3.39. The van der Waals surface area contributed by atoms with Gasteiger partial charge in [0.1, 0.15) is 11.5 Å². The molecule has 0 fully saturated rings. The molecule has 17 heavy (non-hydrogen) atoms. The number of aromatic amines is 1. The van der Waals surface area contributed by atoms with Crippen molar-refractivity contribution in [2.24, 2.45) is 0 Å². The Balaban J connectivity index is 2.23. The Morgan fingerprint density at radius 1 is 1.29 bits per heavy atom. The maximum absolute atomic E-state index is 11.7. The first kappa shape index (κ1) is 10.8. The molecule has 1 amide bonds. The Hall–Kier alpha value is -2.70. The predicted octanol–water partition coefficient (Wildman–Crippen LogP) is 0.655. The van der Waals surface area contributed by atoms with E-state index in [1.807, 2.05) is 0 Å². The topological polar surface area (TPSA) is 124 Å². The number of phenols is 2. The lowest BCUT2D eigenvalue weighted by molar-refractivity contribution is 0.102. The molecule has 7 nitrogen and oxygen atoms in total. The zero-order chi connectivity index (χ0) is 12.4. The molecule has 88 valence electrons. The molecule has 0 atom stereocenters. The van der Waals surface area contributed by atoms with Gasteiger partial charge in [-0.2, -0.15) is 5.10 Å². The van der Waals surface area contributed by atoms with Crippen molar-refractivity contribution in [3.05, 3.63) is 30.0 Å². The van der Waals surface area contributed by atoms with Gasteiger partial charge in [-0.05, 0) is 12.1 Å². The molecule has 1 heterocycles. The highest BCUT2D eigenvalue weighted by molar-refractivity contribution is 6.05. The molecule has 2 aromatic rings. The van der Waals surface area contributed by atoms with Crippen molar-refractivity contribution >= 4 is 17.4 Å². The van der Waals surface area contributed by atoms with Crippen LogP contribution in [-0.2, 0) is 0 Å². The second-order valence-corrected chi connectivity index (χ2v) is 3.39. The number of aromatic hydroxyl groups is 2. The van der Waals surface area contributed by atoms with Gasteiger partial charge in [0.15, 0.2) is 5.82 Å². The van der Waals surface area contributed by atoms with E-state index in [1.54, 1.807) is 0 Å². The zero-order valence-corrected chi connectivity index (χ0v) is 8.64. The van der Waals surface area contributed by atoms with Crippen LogP contribution in [0.15, 0.2) is 24.4 Å². The second kappa shape index (κ2) is 4.05. The van der Waals surface area contributed by atoms with E-state index in [2.05, 4.69) is 15.5 Å². The molecular weight excluding hydrogens is 224 g/mol. The fourth-order valence-electron chi connectivity index (χ4n) is 1.31. The Labute approximate surface area is 95.9 Å². The summed E-state index contributed by atoms with van der Waals surface area (Å²) in [5.41, 5.74) is 5.92. The normalized spacial score (nSPS) is 10.1. The number of nitrogens with one attached hydrogen (secondary N) is 2. The number of phenolic OH excluding ortho intramolecular Hbond substituents is 2. The first-order valence-corrected chi connectivity index (χ1v) is 4.69. The monoisotopic (exact) mass is 234 g/mol. The number of amides is 1. The molecule has 2 rings (SSSR count). The summed E-state index contributed by atoms with van der Waals surface area (Å²) in [5, 5.41) is 27.1. The number of aromatic nitrogens is 2. The number of carbonyl (C=O) groups is 1. The van der Waals surface area contributed by atoms with Gasteiger partial charge in [-0.15, -0.1) is 0 Å². The number of anilines is 2. The number of benzene rings is 1. The lowest BCUT2D eigenvalue weighted by Gasteiger charge is -2.04. The summed E-state index contributed by atoms with van der Waals surface area (Å²) in [5.74, 6) is -0.662. The number of nitrogens with zero attached hydrogens (tertiary/aromatic N) is 1. The minimum atomic E-state index is -0.521. The maximum Gasteiger partial charge on any atom is 0.257 e. The van der Waals surface area contributed by atoms with Crippen molar-refractivity contribution in [3.8, 4) is 11.5 Å². The summed E-state index contributed by atoms with van der Waals surface area (Å²) in [6, 6.07) is 3.57. The van der Waals surface area contributed by atoms with Crippen LogP contribution in [0.3, 0.4) is 0 Å². The van der Waals surface area contributed by atoms with Crippen LogP contribution in [0.4, 0.5) is 11.5 Å². The van der Waals surface area contributed by atoms with Gasteiger partial charge in [0.2, 0.25) is 0 Å². The van der Waals surface area contributed by atoms with E-state index in [-0.39, 0.29) is 22.9 Å². The first-order valence-electron chi connectivity index (χ1n) is 4.69. The van der Waals surface area contributed by atoms with E-state index in [0.29, 0.717) is 5.69 Å². The van der Waals surface area contributed by atoms with Gasteiger partial charge in [0.05, 0.1) is 11.9 Å². The Kier molecular flexibility index (Phi) is 2.57. The maximum atomic E-state index is 11.7. The summed E-state index contributed by atoms with van der Waals surface area (Å²) in [7, 11) is 0. The van der Waals surface area contributed by atoms with Crippen LogP contribution in [0.2, 0.25) is 0 Å². The van der Waals surface area contributed by atoms with Gasteiger partial charge in [-0.25, -0.2) is 0 Å². The molecule has 7 heteroatoms. The number of nitrogen functional groups attached to an aromatic ring is 1. The molecule has 0 aliphatic rings. The van der Waals surface area contributed by atoms with Gasteiger partial charge in [-0.1, -0.05) is 0 Å². The van der Waals surface area contributed by atoms with Gasteiger partial charge >= 0.3 is 0 Å². The van der Waals surface area contributed by atoms with E-state index in [4.69, 9.17) is 5.73 Å².